The first-order valence-electron chi connectivity index (χ1n) is 7.60. The number of aliphatic hydroxyl groups excluding tert-OH is 4. The van der Waals surface area contributed by atoms with Gasteiger partial charge in [-0.25, -0.2) is 9.59 Å². The predicted octanol–water partition coefficient (Wildman–Crippen LogP) is -2.22. The second kappa shape index (κ2) is 8.74. The topological polar surface area (TPSA) is 175 Å². The highest BCUT2D eigenvalue weighted by atomic mass is 16.7. The maximum atomic E-state index is 11.6. The molecule has 0 spiro atoms. The van der Waals surface area contributed by atoms with Crippen LogP contribution in [0.5, 0.6) is 0 Å². The Bertz CT molecular complexity index is 463. The van der Waals surface area contributed by atoms with Gasteiger partial charge in [0.25, 0.3) is 0 Å². The van der Waals surface area contributed by atoms with Crippen molar-refractivity contribution in [2.75, 3.05) is 13.2 Å². The first kappa shape index (κ1) is 21.5. The molecule has 0 bridgehead atoms. The molecule has 1 heterocycles. The van der Waals surface area contributed by atoms with E-state index >= 15 is 0 Å². The summed E-state index contributed by atoms with van der Waals surface area (Å²) in [5, 5.41) is 49.4. The number of carboxylic acids is 1. The van der Waals surface area contributed by atoms with Crippen molar-refractivity contribution in [3.63, 3.8) is 0 Å². The molecule has 1 saturated heterocycles. The first-order chi connectivity index (χ1) is 11.5. The van der Waals surface area contributed by atoms with Gasteiger partial charge >= 0.3 is 12.1 Å². The molecule has 1 aliphatic rings. The van der Waals surface area contributed by atoms with Crippen LogP contribution in [0.25, 0.3) is 0 Å². The Hall–Kier alpha value is -1.50. The molecule has 1 aliphatic heterocycles. The molecule has 0 saturated carbocycles. The van der Waals surface area contributed by atoms with Crippen molar-refractivity contribution in [1.82, 2.24) is 5.32 Å². The SMILES string of the molecule is CC(C)(C)OC(=O)N[C@@H](CO[C@H]1O[C@H](CO)[C@@H](O)[C@H](O)[C@@H]1O)C(=O)O. The number of amides is 1. The molecule has 0 aliphatic carbocycles. The highest BCUT2D eigenvalue weighted by molar-refractivity contribution is 5.80. The third kappa shape index (κ3) is 6.38. The van der Waals surface area contributed by atoms with Gasteiger partial charge in [-0.3, -0.25) is 0 Å². The van der Waals surface area contributed by atoms with Crippen molar-refractivity contribution in [1.29, 1.82) is 0 Å². The Balaban J connectivity index is 2.64. The Kier molecular flexibility index (Phi) is 7.53. The van der Waals surface area contributed by atoms with Gasteiger partial charge in [0, 0.05) is 0 Å². The highest BCUT2D eigenvalue weighted by Crippen LogP contribution is 2.22. The quantitative estimate of drug-likeness (QED) is 0.302. The van der Waals surface area contributed by atoms with Crippen LogP contribution in [0.2, 0.25) is 0 Å². The molecule has 11 heteroatoms. The van der Waals surface area contributed by atoms with Crippen LogP contribution in [-0.4, -0.2) is 93.2 Å². The van der Waals surface area contributed by atoms with Crippen molar-refractivity contribution in [3.8, 4) is 0 Å². The summed E-state index contributed by atoms with van der Waals surface area (Å²) < 4.78 is 15.1. The Labute approximate surface area is 144 Å². The van der Waals surface area contributed by atoms with Crippen LogP contribution in [0.3, 0.4) is 0 Å². The molecule has 6 N–H and O–H groups in total. The highest BCUT2D eigenvalue weighted by Gasteiger charge is 2.44. The van der Waals surface area contributed by atoms with Gasteiger partial charge in [-0.05, 0) is 20.8 Å². The Morgan fingerprint density at radius 2 is 1.76 bits per heavy atom. The van der Waals surface area contributed by atoms with Crippen LogP contribution in [0.1, 0.15) is 20.8 Å². The van der Waals surface area contributed by atoms with Gasteiger partial charge in [0.2, 0.25) is 0 Å². The van der Waals surface area contributed by atoms with E-state index in [-0.39, 0.29) is 0 Å². The number of aliphatic hydroxyl groups is 4. The van der Waals surface area contributed by atoms with Crippen molar-refractivity contribution in [3.05, 3.63) is 0 Å². The molecule has 0 radical (unpaired) electrons. The number of carbonyl (C=O) groups is 2. The number of ether oxygens (including phenoxy) is 3. The van der Waals surface area contributed by atoms with Crippen molar-refractivity contribution < 1.29 is 49.3 Å². The van der Waals surface area contributed by atoms with E-state index in [1.54, 1.807) is 20.8 Å². The van der Waals surface area contributed by atoms with Crippen LogP contribution in [0.15, 0.2) is 0 Å². The fraction of sp³-hybridized carbons (Fsp3) is 0.857. The van der Waals surface area contributed by atoms with Crippen LogP contribution >= 0.6 is 0 Å². The molecule has 1 amide bonds. The van der Waals surface area contributed by atoms with E-state index in [0.717, 1.165) is 0 Å². The summed E-state index contributed by atoms with van der Waals surface area (Å²) in [6, 6.07) is -1.51. The fourth-order valence-corrected chi connectivity index (χ4v) is 2.02. The predicted molar refractivity (Wildman–Crippen MR) is 80.5 cm³/mol. The smallest absolute Gasteiger partial charge is 0.408 e. The summed E-state index contributed by atoms with van der Waals surface area (Å²) in [6.07, 6.45) is -8.55. The number of aliphatic carboxylic acids is 1. The number of hydrogen-bond donors (Lipinski definition) is 6. The van der Waals surface area contributed by atoms with Gasteiger partial charge in [-0.2, -0.15) is 0 Å². The van der Waals surface area contributed by atoms with Gasteiger partial charge in [-0.15, -0.1) is 0 Å². The number of nitrogens with one attached hydrogen (secondary N) is 1. The molecule has 1 fully saturated rings. The lowest BCUT2D eigenvalue weighted by molar-refractivity contribution is -0.301. The summed E-state index contributed by atoms with van der Waals surface area (Å²) >= 11 is 0. The van der Waals surface area contributed by atoms with Crippen LogP contribution in [-0.2, 0) is 19.0 Å². The average molecular weight is 367 g/mol. The lowest BCUT2D eigenvalue weighted by atomic mass is 9.99. The molecule has 25 heavy (non-hydrogen) atoms. The number of carboxylic acid groups (broad SMARTS) is 1. The van der Waals surface area contributed by atoms with Gasteiger partial charge in [-0.1, -0.05) is 0 Å². The van der Waals surface area contributed by atoms with Crippen LogP contribution in [0, 0.1) is 0 Å². The molecule has 6 atom stereocenters. The Morgan fingerprint density at radius 3 is 2.24 bits per heavy atom. The van der Waals surface area contributed by atoms with Gasteiger partial charge in [0.05, 0.1) is 13.2 Å². The van der Waals surface area contributed by atoms with E-state index in [0.29, 0.717) is 0 Å². The van der Waals surface area contributed by atoms with Crippen LogP contribution in [0.4, 0.5) is 4.79 Å². The number of alkyl carbamates (subject to hydrolysis) is 1. The molecule has 0 unspecified atom stereocenters. The average Bonchev–Trinajstić information content (AvgIpc) is 2.48. The maximum absolute atomic E-state index is 11.6. The zero-order valence-corrected chi connectivity index (χ0v) is 14.2. The summed E-state index contributed by atoms with van der Waals surface area (Å²) in [5.41, 5.74) is -0.828. The van der Waals surface area contributed by atoms with Crippen LogP contribution < -0.4 is 5.32 Å². The summed E-state index contributed by atoms with van der Waals surface area (Å²) in [6.45, 7) is 3.55. The fourth-order valence-electron chi connectivity index (χ4n) is 2.02. The standard InChI is InChI=1S/C14H25NO10/c1-14(2,3)25-13(22)15-6(11(20)21)5-23-12-10(19)9(18)8(17)7(4-16)24-12/h6-10,12,16-19H,4-5H2,1-3H3,(H,15,22)(H,20,21)/t6-,7+,8+,9-,10-,12-/m0/s1. The minimum atomic E-state index is -1.67. The third-order valence-electron chi connectivity index (χ3n) is 3.26. The van der Waals surface area contributed by atoms with E-state index in [2.05, 4.69) is 5.32 Å². The second-order valence-corrected chi connectivity index (χ2v) is 6.57. The van der Waals surface area contributed by atoms with Crippen molar-refractivity contribution in [2.24, 2.45) is 0 Å². The summed E-state index contributed by atoms with van der Waals surface area (Å²) in [4.78, 5) is 22.9. The number of hydrogen-bond acceptors (Lipinski definition) is 9. The zero-order chi connectivity index (χ0) is 19.4. The molecule has 0 aromatic heterocycles. The minimum absolute atomic E-state index is 0.614. The van der Waals surface area contributed by atoms with E-state index in [1.807, 2.05) is 0 Å². The minimum Gasteiger partial charge on any atom is -0.480 e. The van der Waals surface area contributed by atoms with Crippen molar-refractivity contribution >= 4 is 12.1 Å². The molecular formula is C14H25NO10. The lowest BCUT2D eigenvalue weighted by Gasteiger charge is -2.39. The van der Waals surface area contributed by atoms with E-state index < -0.39 is 67.6 Å². The Morgan fingerprint density at radius 1 is 1.16 bits per heavy atom. The van der Waals surface area contributed by atoms with Crippen molar-refractivity contribution in [2.45, 2.75) is 63.1 Å². The number of rotatable bonds is 6. The third-order valence-corrected chi connectivity index (χ3v) is 3.26. The number of carbonyl (C=O) groups excluding carboxylic acids is 1. The monoisotopic (exact) mass is 367 g/mol. The largest absolute Gasteiger partial charge is 0.480 e. The summed E-state index contributed by atoms with van der Waals surface area (Å²) in [7, 11) is 0. The van der Waals surface area contributed by atoms with Gasteiger partial charge in [0.15, 0.2) is 12.3 Å². The molecule has 146 valence electrons. The van der Waals surface area contributed by atoms with Gasteiger partial charge in [0.1, 0.15) is 30.0 Å². The lowest BCUT2D eigenvalue weighted by Crippen LogP contribution is -2.59. The summed E-state index contributed by atoms with van der Waals surface area (Å²) in [5.74, 6) is -1.42. The van der Waals surface area contributed by atoms with E-state index in [4.69, 9.17) is 24.4 Å². The molecule has 0 aromatic rings. The van der Waals surface area contributed by atoms with Gasteiger partial charge < -0.3 is 45.1 Å². The molecule has 0 aromatic carbocycles. The molecular weight excluding hydrogens is 342 g/mol. The first-order valence-corrected chi connectivity index (χ1v) is 7.60. The molecule has 11 nitrogen and oxygen atoms in total. The maximum Gasteiger partial charge on any atom is 0.408 e. The second-order valence-electron chi connectivity index (χ2n) is 6.57. The zero-order valence-electron chi connectivity index (χ0n) is 14.2. The normalized spacial score (nSPS) is 31.2. The molecule has 1 rings (SSSR count). The van der Waals surface area contributed by atoms with E-state index in [1.165, 1.54) is 0 Å². The van der Waals surface area contributed by atoms with E-state index in [9.17, 15) is 24.9 Å².